The SMILES string of the molecule is CN(C)CCN1CCN(c2ccc(C(=O)N[C@@H]3CC3c3ccccc3)cc2NC(=O)c2ccsc2)CC1. The Hall–Kier alpha value is -3.20. The summed E-state index contributed by atoms with van der Waals surface area (Å²) in [6.07, 6.45) is 0.952. The fourth-order valence-electron chi connectivity index (χ4n) is 4.87. The molecule has 2 N–H and O–H groups in total. The van der Waals surface area contributed by atoms with Gasteiger partial charge in [0.15, 0.2) is 0 Å². The predicted octanol–water partition coefficient (Wildman–Crippen LogP) is 3.97. The zero-order chi connectivity index (χ0) is 25.8. The van der Waals surface area contributed by atoms with Gasteiger partial charge in [-0.25, -0.2) is 0 Å². The number of anilines is 2. The molecule has 2 aliphatic rings. The Labute approximate surface area is 223 Å². The number of rotatable bonds is 9. The van der Waals surface area contributed by atoms with Crippen molar-refractivity contribution < 1.29 is 9.59 Å². The van der Waals surface area contributed by atoms with Crippen molar-refractivity contribution in [1.82, 2.24) is 15.1 Å². The van der Waals surface area contributed by atoms with Crippen LogP contribution in [0.1, 0.15) is 38.6 Å². The monoisotopic (exact) mass is 517 g/mol. The molecule has 7 nitrogen and oxygen atoms in total. The lowest BCUT2D eigenvalue weighted by molar-refractivity contribution is 0.0949. The zero-order valence-corrected chi connectivity index (χ0v) is 22.3. The van der Waals surface area contributed by atoms with Gasteiger partial charge in [-0.3, -0.25) is 14.5 Å². The highest BCUT2D eigenvalue weighted by atomic mass is 32.1. The standard InChI is InChI=1S/C29H35N5O2S/c1-32(2)11-12-33-13-15-34(16-14-33)27-9-8-22(18-26(27)31-29(36)23-10-17-37-20-23)28(35)30-25-19-24(25)21-6-4-3-5-7-21/h3-10,17-18,20,24-25H,11-16,19H2,1-2H3,(H,30,35)(H,31,36)/t24?,25-/m1/s1. The van der Waals surface area contributed by atoms with Crippen LogP contribution >= 0.6 is 11.3 Å². The van der Waals surface area contributed by atoms with Crippen LogP contribution in [0.2, 0.25) is 0 Å². The minimum atomic E-state index is -0.156. The van der Waals surface area contributed by atoms with Gasteiger partial charge in [-0.15, -0.1) is 0 Å². The van der Waals surface area contributed by atoms with E-state index in [2.05, 4.69) is 51.6 Å². The van der Waals surface area contributed by atoms with Crippen LogP contribution in [-0.4, -0.2) is 81.0 Å². The number of hydrogen-bond acceptors (Lipinski definition) is 6. The molecule has 1 aliphatic carbocycles. The van der Waals surface area contributed by atoms with E-state index in [4.69, 9.17) is 0 Å². The first-order valence-corrected chi connectivity index (χ1v) is 13.9. The van der Waals surface area contributed by atoms with Crippen molar-refractivity contribution >= 4 is 34.5 Å². The molecule has 5 rings (SSSR count). The van der Waals surface area contributed by atoms with E-state index in [0.717, 1.165) is 51.4 Å². The molecule has 2 atom stereocenters. The first-order valence-electron chi connectivity index (χ1n) is 12.9. The molecule has 1 aromatic heterocycles. The van der Waals surface area contributed by atoms with Gasteiger partial charge in [0.2, 0.25) is 0 Å². The van der Waals surface area contributed by atoms with E-state index in [0.29, 0.717) is 22.7 Å². The Morgan fingerprint density at radius 3 is 2.46 bits per heavy atom. The van der Waals surface area contributed by atoms with Crippen LogP contribution in [0.4, 0.5) is 11.4 Å². The molecular formula is C29H35N5O2S. The van der Waals surface area contributed by atoms with E-state index in [9.17, 15) is 9.59 Å². The Kier molecular flexibility index (Phi) is 7.88. The number of nitrogens with zero attached hydrogens (tertiary/aromatic N) is 3. The number of thiophene rings is 1. The maximum atomic E-state index is 13.1. The summed E-state index contributed by atoms with van der Waals surface area (Å²) in [5.74, 6) is 0.108. The highest BCUT2D eigenvalue weighted by molar-refractivity contribution is 7.08. The van der Waals surface area contributed by atoms with Crippen LogP contribution < -0.4 is 15.5 Å². The second-order valence-corrected chi connectivity index (χ2v) is 10.9. The molecule has 194 valence electrons. The quantitative estimate of drug-likeness (QED) is 0.450. The van der Waals surface area contributed by atoms with E-state index < -0.39 is 0 Å². The molecule has 8 heteroatoms. The van der Waals surface area contributed by atoms with Crippen molar-refractivity contribution in [2.45, 2.75) is 18.4 Å². The molecule has 1 saturated heterocycles. The zero-order valence-electron chi connectivity index (χ0n) is 21.5. The molecule has 1 saturated carbocycles. The molecule has 0 radical (unpaired) electrons. The number of amides is 2. The predicted molar refractivity (Wildman–Crippen MR) is 151 cm³/mol. The van der Waals surface area contributed by atoms with Crippen molar-refractivity contribution in [2.75, 3.05) is 63.6 Å². The smallest absolute Gasteiger partial charge is 0.256 e. The molecular weight excluding hydrogens is 482 g/mol. The number of benzene rings is 2. The molecule has 1 aliphatic heterocycles. The number of carbonyl (C=O) groups excluding carboxylic acids is 2. The van der Waals surface area contributed by atoms with Gasteiger partial charge < -0.3 is 20.4 Å². The fraction of sp³-hybridized carbons (Fsp3) is 0.379. The topological polar surface area (TPSA) is 67.9 Å². The van der Waals surface area contributed by atoms with Crippen molar-refractivity contribution in [3.63, 3.8) is 0 Å². The third-order valence-corrected chi connectivity index (χ3v) is 7.88. The second kappa shape index (κ2) is 11.5. The van der Waals surface area contributed by atoms with Gasteiger partial charge in [-0.05, 0) is 55.7 Å². The van der Waals surface area contributed by atoms with Crippen LogP contribution in [0.25, 0.3) is 0 Å². The van der Waals surface area contributed by atoms with Crippen LogP contribution in [0, 0.1) is 0 Å². The van der Waals surface area contributed by atoms with Crippen LogP contribution in [0.3, 0.4) is 0 Å². The van der Waals surface area contributed by atoms with E-state index in [1.165, 1.54) is 16.9 Å². The molecule has 37 heavy (non-hydrogen) atoms. The van der Waals surface area contributed by atoms with Gasteiger partial charge in [0.1, 0.15) is 0 Å². The Morgan fingerprint density at radius 2 is 1.76 bits per heavy atom. The van der Waals surface area contributed by atoms with Crippen LogP contribution in [0.5, 0.6) is 0 Å². The number of nitrogens with one attached hydrogen (secondary N) is 2. The molecule has 1 unspecified atom stereocenters. The minimum Gasteiger partial charge on any atom is -0.367 e. The van der Waals surface area contributed by atoms with Gasteiger partial charge >= 0.3 is 0 Å². The summed E-state index contributed by atoms with van der Waals surface area (Å²) in [4.78, 5) is 33.1. The summed E-state index contributed by atoms with van der Waals surface area (Å²) < 4.78 is 0. The van der Waals surface area contributed by atoms with Crippen LogP contribution in [-0.2, 0) is 0 Å². The molecule has 0 spiro atoms. The maximum absolute atomic E-state index is 13.1. The molecule has 2 heterocycles. The first-order chi connectivity index (χ1) is 18.0. The average Bonchev–Trinajstić information content (AvgIpc) is 3.45. The fourth-order valence-corrected chi connectivity index (χ4v) is 5.51. The lowest BCUT2D eigenvalue weighted by Crippen LogP contribution is -2.48. The van der Waals surface area contributed by atoms with E-state index in [1.807, 2.05) is 53.2 Å². The minimum absolute atomic E-state index is 0.102. The highest BCUT2D eigenvalue weighted by Gasteiger charge is 2.39. The highest BCUT2D eigenvalue weighted by Crippen LogP contribution is 2.41. The van der Waals surface area contributed by atoms with Gasteiger partial charge in [-0.1, -0.05) is 30.3 Å². The molecule has 3 aromatic rings. The maximum Gasteiger partial charge on any atom is 0.256 e. The molecule has 2 fully saturated rings. The Morgan fingerprint density at radius 1 is 0.973 bits per heavy atom. The van der Waals surface area contributed by atoms with E-state index in [-0.39, 0.29) is 17.9 Å². The first kappa shape index (κ1) is 25.4. The summed E-state index contributed by atoms with van der Waals surface area (Å²) in [6, 6.07) is 18.0. The number of carbonyl (C=O) groups is 2. The van der Waals surface area contributed by atoms with Crippen molar-refractivity contribution in [1.29, 1.82) is 0 Å². The van der Waals surface area contributed by atoms with Gasteiger partial charge in [-0.2, -0.15) is 11.3 Å². The van der Waals surface area contributed by atoms with Crippen LogP contribution in [0.15, 0.2) is 65.4 Å². The van der Waals surface area contributed by atoms with Gasteiger partial charge in [0.25, 0.3) is 11.8 Å². The summed E-state index contributed by atoms with van der Waals surface area (Å²) in [5, 5.41) is 10.0. The van der Waals surface area contributed by atoms with Crippen molar-refractivity contribution in [3.05, 3.63) is 82.0 Å². The Balaban J connectivity index is 1.29. The van der Waals surface area contributed by atoms with E-state index in [1.54, 1.807) is 0 Å². The second-order valence-electron chi connectivity index (χ2n) is 10.2. The Bertz CT molecular complexity index is 1210. The number of likely N-dealkylation sites (N-methyl/N-ethyl adjacent to an activating group) is 1. The van der Waals surface area contributed by atoms with Crippen molar-refractivity contribution in [3.8, 4) is 0 Å². The number of hydrogen-bond donors (Lipinski definition) is 2. The third-order valence-electron chi connectivity index (χ3n) is 7.20. The largest absolute Gasteiger partial charge is 0.367 e. The third kappa shape index (κ3) is 6.39. The average molecular weight is 518 g/mol. The molecule has 2 amide bonds. The lowest BCUT2D eigenvalue weighted by Gasteiger charge is -2.37. The summed E-state index contributed by atoms with van der Waals surface area (Å²) in [5.41, 5.74) is 4.09. The van der Waals surface area contributed by atoms with Gasteiger partial charge in [0, 0.05) is 62.2 Å². The summed E-state index contributed by atoms with van der Waals surface area (Å²) in [7, 11) is 4.20. The van der Waals surface area contributed by atoms with Crippen molar-refractivity contribution in [2.24, 2.45) is 0 Å². The molecule has 0 bridgehead atoms. The summed E-state index contributed by atoms with van der Waals surface area (Å²) in [6.45, 7) is 5.78. The van der Waals surface area contributed by atoms with Gasteiger partial charge in [0.05, 0.1) is 16.9 Å². The molecule has 2 aromatic carbocycles. The van der Waals surface area contributed by atoms with E-state index >= 15 is 0 Å². The number of piperazine rings is 1. The summed E-state index contributed by atoms with van der Waals surface area (Å²) >= 11 is 1.49. The normalized spacial score (nSPS) is 19.6. The lowest BCUT2D eigenvalue weighted by atomic mass is 10.1.